The standard InChI is InChI=1S/C12H20BrN3O/c1-12(2,16(3)4)8-17-11-9(6-14)5-10(13)7-15-11/h5,7H,6,8,14H2,1-4H3. The first-order valence-electron chi connectivity index (χ1n) is 5.51. The highest BCUT2D eigenvalue weighted by molar-refractivity contribution is 9.10. The van der Waals surface area contributed by atoms with Gasteiger partial charge in [0, 0.05) is 28.3 Å². The monoisotopic (exact) mass is 301 g/mol. The third-order valence-corrected chi connectivity index (χ3v) is 3.32. The molecular weight excluding hydrogens is 282 g/mol. The molecule has 0 atom stereocenters. The van der Waals surface area contributed by atoms with Gasteiger partial charge in [0.05, 0.1) is 0 Å². The van der Waals surface area contributed by atoms with Gasteiger partial charge in [-0.25, -0.2) is 4.98 Å². The van der Waals surface area contributed by atoms with Crippen LogP contribution >= 0.6 is 15.9 Å². The van der Waals surface area contributed by atoms with Crippen molar-refractivity contribution in [3.63, 3.8) is 0 Å². The van der Waals surface area contributed by atoms with E-state index in [2.05, 4.69) is 39.7 Å². The molecule has 0 amide bonds. The average molecular weight is 302 g/mol. The molecular formula is C12H20BrN3O. The number of nitrogens with two attached hydrogens (primary N) is 1. The topological polar surface area (TPSA) is 51.4 Å². The van der Waals surface area contributed by atoms with Crippen LogP contribution in [0.1, 0.15) is 19.4 Å². The van der Waals surface area contributed by atoms with Gasteiger partial charge >= 0.3 is 0 Å². The lowest BCUT2D eigenvalue weighted by atomic mass is 10.1. The van der Waals surface area contributed by atoms with E-state index in [1.54, 1.807) is 6.20 Å². The van der Waals surface area contributed by atoms with Crippen LogP contribution < -0.4 is 10.5 Å². The number of halogens is 1. The Morgan fingerprint density at radius 2 is 2.12 bits per heavy atom. The minimum atomic E-state index is -0.0410. The predicted octanol–water partition coefficient (Wildman–Crippen LogP) is 2.02. The quantitative estimate of drug-likeness (QED) is 0.904. The van der Waals surface area contributed by atoms with E-state index in [1.807, 2.05) is 20.2 Å². The molecule has 0 unspecified atom stereocenters. The molecule has 0 bridgehead atoms. The fourth-order valence-electron chi connectivity index (χ4n) is 1.12. The van der Waals surface area contributed by atoms with Crippen molar-refractivity contribution in [2.75, 3.05) is 20.7 Å². The molecule has 0 aliphatic rings. The fourth-order valence-corrected chi connectivity index (χ4v) is 1.50. The smallest absolute Gasteiger partial charge is 0.217 e. The molecule has 0 saturated heterocycles. The van der Waals surface area contributed by atoms with Gasteiger partial charge in [-0.05, 0) is 49.9 Å². The Balaban J connectivity index is 2.76. The van der Waals surface area contributed by atoms with E-state index in [0.29, 0.717) is 19.0 Å². The SMILES string of the molecule is CN(C)C(C)(C)COc1ncc(Br)cc1CN. The van der Waals surface area contributed by atoms with Crippen molar-refractivity contribution < 1.29 is 4.74 Å². The number of likely N-dealkylation sites (N-methyl/N-ethyl adjacent to an activating group) is 1. The summed E-state index contributed by atoms with van der Waals surface area (Å²) in [5.41, 5.74) is 6.54. The fraction of sp³-hybridized carbons (Fsp3) is 0.583. The van der Waals surface area contributed by atoms with E-state index in [9.17, 15) is 0 Å². The maximum Gasteiger partial charge on any atom is 0.217 e. The van der Waals surface area contributed by atoms with E-state index < -0.39 is 0 Å². The normalized spacial score (nSPS) is 11.9. The third-order valence-electron chi connectivity index (χ3n) is 2.88. The van der Waals surface area contributed by atoms with Crippen molar-refractivity contribution in [3.05, 3.63) is 22.3 Å². The van der Waals surface area contributed by atoms with Gasteiger partial charge in [0.15, 0.2) is 0 Å². The van der Waals surface area contributed by atoms with E-state index in [0.717, 1.165) is 10.0 Å². The Morgan fingerprint density at radius 3 is 2.65 bits per heavy atom. The van der Waals surface area contributed by atoms with E-state index in [1.165, 1.54) is 0 Å². The lowest BCUT2D eigenvalue weighted by Crippen LogP contribution is -2.43. The second-order valence-electron chi connectivity index (χ2n) is 4.82. The molecule has 96 valence electrons. The highest BCUT2D eigenvalue weighted by atomic mass is 79.9. The number of aromatic nitrogens is 1. The Kier molecular flexibility index (Phi) is 4.91. The Bertz CT molecular complexity index is 380. The largest absolute Gasteiger partial charge is 0.475 e. The molecule has 0 aliphatic heterocycles. The van der Waals surface area contributed by atoms with Crippen molar-refractivity contribution >= 4 is 15.9 Å². The Labute approximate surface area is 111 Å². The number of hydrogen-bond acceptors (Lipinski definition) is 4. The minimum Gasteiger partial charge on any atom is -0.475 e. The van der Waals surface area contributed by atoms with Crippen LogP contribution in [0.3, 0.4) is 0 Å². The predicted molar refractivity (Wildman–Crippen MR) is 73.1 cm³/mol. The van der Waals surface area contributed by atoms with Gasteiger partial charge in [-0.3, -0.25) is 0 Å². The molecule has 1 rings (SSSR count). The molecule has 0 saturated carbocycles. The molecule has 1 heterocycles. The van der Waals surface area contributed by atoms with Gasteiger partial charge < -0.3 is 15.4 Å². The Morgan fingerprint density at radius 1 is 1.47 bits per heavy atom. The summed E-state index contributed by atoms with van der Waals surface area (Å²) >= 11 is 3.37. The highest BCUT2D eigenvalue weighted by Crippen LogP contribution is 2.21. The van der Waals surface area contributed by atoms with Gasteiger partial charge in [-0.1, -0.05) is 0 Å². The number of pyridine rings is 1. The van der Waals surface area contributed by atoms with Crippen LogP contribution in [0.2, 0.25) is 0 Å². The lowest BCUT2D eigenvalue weighted by Gasteiger charge is -2.32. The van der Waals surface area contributed by atoms with E-state index in [-0.39, 0.29) is 5.54 Å². The van der Waals surface area contributed by atoms with E-state index in [4.69, 9.17) is 10.5 Å². The number of ether oxygens (including phenoxy) is 1. The van der Waals surface area contributed by atoms with Crippen molar-refractivity contribution in [3.8, 4) is 5.88 Å². The van der Waals surface area contributed by atoms with Crippen LogP contribution in [0.4, 0.5) is 0 Å². The second-order valence-corrected chi connectivity index (χ2v) is 5.73. The van der Waals surface area contributed by atoms with Crippen LogP contribution in [0.25, 0.3) is 0 Å². The second kappa shape index (κ2) is 5.80. The molecule has 1 aromatic heterocycles. The summed E-state index contributed by atoms with van der Waals surface area (Å²) in [6, 6.07) is 1.94. The molecule has 1 aromatic rings. The maximum atomic E-state index is 5.76. The Hall–Kier alpha value is -0.650. The molecule has 17 heavy (non-hydrogen) atoms. The zero-order valence-corrected chi connectivity index (χ0v) is 12.4. The maximum absolute atomic E-state index is 5.76. The summed E-state index contributed by atoms with van der Waals surface area (Å²) in [6.07, 6.45) is 1.72. The number of hydrogen-bond donors (Lipinski definition) is 1. The van der Waals surface area contributed by atoms with Gasteiger partial charge in [0.2, 0.25) is 5.88 Å². The first kappa shape index (κ1) is 14.4. The van der Waals surface area contributed by atoms with Crippen molar-refractivity contribution in [2.24, 2.45) is 5.73 Å². The van der Waals surface area contributed by atoms with Crippen molar-refractivity contribution in [1.82, 2.24) is 9.88 Å². The van der Waals surface area contributed by atoms with Gasteiger partial charge in [0.25, 0.3) is 0 Å². The average Bonchev–Trinajstić information content (AvgIpc) is 2.27. The highest BCUT2D eigenvalue weighted by Gasteiger charge is 2.22. The van der Waals surface area contributed by atoms with Crippen molar-refractivity contribution in [1.29, 1.82) is 0 Å². The zero-order valence-electron chi connectivity index (χ0n) is 10.8. The summed E-state index contributed by atoms with van der Waals surface area (Å²) < 4.78 is 6.67. The summed E-state index contributed by atoms with van der Waals surface area (Å²) in [4.78, 5) is 6.36. The summed E-state index contributed by atoms with van der Waals surface area (Å²) in [5, 5.41) is 0. The van der Waals surface area contributed by atoms with Gasteiger partial charge in [-0.15, -0.1) is 0 Å². The van der Waals surface area contributed by atoms with Gasteiger partial charge in [-0.2, -0.15) is 0 Å². The van der Waals surface area contributed by atoms with Crippen LogP contribution in [0.5, 0.6) is 5.88 Å². The summed E-state index contributed by atoms with van der Waals surface area (Å²) in [7, 11) is 4.06. The summed E-state index contributed by atoms with van der Waals surface area (Å²) in [5.74, 6) is 0.616. The summed E-state index contributed by atoms with van der Waals surface area (Å²) in [6.45, 7) is 5.23. The molecule has 0 fully saturated rings. The molecule has 4 nitrogen and oxygen atoms in total. The molecule has 0 aromatic carbocycles. The van der Waals surface area contributed by atoms with Crippen LogP contribution in [0.15, 0.2) is 16.7 Å². The van der Waals surface area contributed by atoms with Gasteiger partial charge in [0.1, 0.15) is 6.61 Å². The molecule has 0 spiro atoms. The molecule has 2 N–H and O–H groups in total. The molecule has 5 heteroatoms. The lowest BCUT2D eigenvalue weighted by molar-refractivity contribution is 0.110. The number of rotatable bonds is 5. The van der Waals surface area contributed by atoms with Crippen molar-refractivity contribution in [2.45, 2.75) is 25.9 Å². The minimum absolute atomic E-state index is 0.0410. The van der Waals surface area contributed by atoms with Crippen LogP contribution in [-0.2, 0) is 6.54 Å². The molecule has 0 aliphatic carbocycles. The van der Waals surface area contributed by atoms with Crippen LogP contribution in [0, 0.1) is 0 Å². The first-order chi connectivity index (χ1) is 7.86. The number of nitrogens with zero attached hydrogens (tertiary/aromatic N) is 2. The zero-order chi connectivity index (χ0) is 13.1. The first-order valence-corrected chi connectivity index (χ1v) is 6.31. The van der Waals surface area contributed by atoms with E-state index >= 15 is 0 Å². The molecule has 0 radical (unpaired) electrons. The third kappa shape index (κ3) is 3.94. The van der Waals surface area contributed by atoms with Crippen LogP contribution in [-0.4, -0.2) is 36.1 Å².